The first-order valence-electron chi connectivity index (χ1n) is 6.14. The van der Waals surface area contributed by atoms with E-state index < -0.39 is 6.10 Å². The molecule has 0 N–H and O–H groups in total. The average molecular weight is 386 g/mol. The number of nitrogens with zero attached hydrogens (tertiary/aromatic N) is 1. The van der Waals surface area contributed by atoms with Gasteiger partial charge in [0.2, 0.25) is 0 Å². The Hall–Kier alpha value is -0.767. The van der Waals surface area contributed by atoms with Crippen LogP contribution in [0.15, 0.2) is 24.3 Å². The molecule has 0 saturated heterocycles. The molecule has 1 atom stereocenters. The molecule has 0 bridgehead atoms. The molecule has 0 heterocycles. The van der Waals surface area contributed by atoms with Gasteiger partial charge in [0.25, 0.3) is 0 Å². The normalized spacial score (nSPS) is 13.1. The molecule has 4 nitrogen and oxygen atoms in total. The number of carbonyl (C=O) groups is 1. The van der Waals surface area contributed by atoms with Crippen LogP contribution in [0.3, 0.4) is 0 Å². The Labute approximate surface area is 131 Å². The van der Waals surface area contributed by atoms with Gasteiger partial charge < -0.3 is 0 Å². The van der Waals surface area contributed by atoms with E-state index in [2.05, 4.69) is 0 Å². The number of amides is 1. The third-order valence-electron chi connectivity index (χ3n) is 2.75. The van der Waals surface area contributed by atoms with E-state index in [0.717, 1.165) is 5.56 Å². The number of halogens is 1. The van der Waals surface area contributed by atoms with Crippen LogP contribution in [0.1, 0.15) is 19.4 Å². The molecule has 1 aromatic carbocycles. The molecule has 20 heavy (non-hydrogen) atoms. The van der Waals surface area contributed by atoms with Gasteiger partial charge in [-0.2, -0.15) is 0 Å². The second-order valence-corrected chi connectivity index (χ2v) is 6.31. The van der Waals surface area contributed by atoms with E-state index in [4.69, 9.17) is 19.3 Å². The van der Waals surface area contributed by atoms with Crippen molar-refractivity contribution in [3.8, 4) is 5.75 Å². The van der Waals surface area contributed by atoms with Crippen LogP contribution in [0.2, 0.25) is 0 Å². The van der Waals surface area contributed by atoms with Crippen LogP contribution in [0.4, 0.5) is 0 Å². The molecule has 1 aromatic rings. The number of hydrogen-bond donors (Lipinski definition) is 0. The monoisotopic (exact) mass is 386 g/mol. The summed E-state index contributed by atoms with van der Waals surface area (Å²) < 4.78 is 7.83. The van der Waals surface area contributed by atoms with E-state index in [-0.39, 0.29) is 27.5 Å². The number of likely N-dealkylation sites (N-methyl/N-ethyl adjacent to an activating group) is 1. The molecule has 0 aromatic heterocycles. The fourth-order valence-electron chi connectivity index (χ4n) is 1.59. The molecule has 0 aliphatic heterocycles. The molecule has 0 aliphatic carbocycles. The SMILES string of the molecule is CON(C)C(=O)C(Oc1ccccc1[CH]=[Ru][Cl])C(C)C. The van der Waals surface area contributed by atoms with Crippen molar-refractivity contribution in [1.29, 1.82) is 0 Å². The van der Waals surface area contributed by atoms with Crippen LogP contribution in [-0.4, -0.2) is 35.8 Å². The third kappa shape index (κ3) is 4.66. The molecule has 0 aliphatic rings. The summed E-state index contributed by atoms with van der Waals surface area (Å²) in [7, 11) is 8.85. The number of rotatable bonds is 6. The summed E-state index contributed by atoms with van der Waals surface area (Å²) >= 11 is -0.350. The van der Waals surface area contributed by atoms with E-state index >= 15 is 0 Å². The van der Waals surface area contributed by atoms with Gasteiger partial charge in [-0.25, -0.2) is 0 Å². The van der Waals surface area contributed by atoms with Gasteiger partial charge >= 0.3 is 131 Å². The molecular formula is C14H19ClNO3Ru. The molecule has 0 saturated carbocycles. The summed E-state index contributed by atoms with van der Waals surface area (Å²) in [6, 6.07) is 7.56. The van der Waals surface area contributed by atoms with E-state index in [1.807, 2.05) is 42.7 Å². The van der Waals surface area contributed by atoms with E-state index in [0.29, 0.717) is 5.75 Å². The standard InChI is InChI=1S/C14H19NO3.ClH.Ru/c1-10(2)13(14(16)15(4)17-5)18-12-9-7-6-8-11(12)3;;/h3,6-10,13H,1-2,4-5H3;1H;/q;;+1/p-1. The zero-order valence-corrected chi connectivity index (χ0v) is 14.4. The van der Waals surface area contributed by atoms with Crippen molar-refractivity contribution in [3.63, 3.8) is 0 Å². The molecule has 113 valence electrons. The number of carbonyl (C=O) groups excluding carboxylic acids is 1. The molecular weight excluding hydrogens is 367 g/mol. The van der Waals surface area contributed by atoms with Crippen LogP contribution in [-0.2, 0) is 25.3 Å². The summed E-state index contributed by atoms with van der Waals surface area (Å²) in [4.78, 5) is 17.2. The molecule has 0 spiro atoms. The quantitative estimate of drug-likeness (QED) is 0.558. The average Bonchev–Trinajstić information content (AvgIpc) is 2.44. The third-order valence-corrected chi connectivity index (χ3v) is 3.94. The fraction of sp³-hybridized carbons (Fsp3) is 0.429. The van der Waals surface area contributed by atoms with Crippen LogP contribution >= 0.6 is 9.69 Å². The Morgan fingerprint density at radius 2 is 2.05 bits per heavy atom. The van der Waals surface area contributed by atoms with E-state index in [9.17, 15) is 4.79 Å². The van der Waals surface area contributed by atoms with Crippen LogP contribution in [0, 0.1) is 5.92 Å². The van der Waals surface area contributed by atoms with Crippen molar-refractivity contribution in [2.45, 2.75) is 20.0 Å². The van der Waals surface area contributed by atoms with Crippen LogP contribution < -0.4 is 4.74 Å². The van der Waals surface area contributed by atoms with Crippen molar-refractivity contribution in [1.82, 2.24) is 5.06 Å². The Morgan fingerprint density at radius 1 is 1.40 bits per heavy atom. The topological polar surface area (TPSA) is 38.8 Å². The predicted molar refractivity (Wildman–Crippen MR) is 76.5 cm³/mol. The molecule has 0 fully saturated rings. The molecule has 6 heteroatoms. The van der Waals surface area contributed by atoms with Crippen molar-refractivity contribution >= 4 is 20.2 Å². The minimum absolute atomic E-state index is 0.0251. The van der Waals surface area contributed by atoms with Crippen LogP contribution in [0.5, 0.6) is 5.75 Å². The first kappa shape index (κ1) is 17.3. The van der Waals surface area contributed by atoms with Crippen molar-refractivity contribution in [3.05, 3.63) is 29.8 Å². The number of hydroxylamine groups is 2. The first-order chi connectivity index (χ1) is 9.51. The van der Waals surface area contributed by atoms with Gasteiger partial charge in [0.1, 0.15) is 0 Å². The van der Waals surface area contributed by atoms with Crippen molar-refractivity contribution in [2.24, 2.45) is 5.92 Å². The summed E-state index contributed by atoms with van der Waals surface area (Å²) in [5, 5.41) is 1.18. The number of ether oxygens (including phenoxy) is 1. The number of benzene rings is 1. The maximum atomic E-state index is 12.2. The molecule has 1 rings (SSSR count). The summed E-state index contributed by atoms with van der Waals surface area (Å²) in [6.07, 6.45) is -0.597. The second-order valence-electron chi connectivity index (χ2n) is 4.52. The Balaban J connectivity index is 3.00. The summed E-state index contributed by atoms with van der Waals surface area (Å²) in [5.74, 6) is 0.479. The van der Waals surface area contributed by atoms with Gasteiger partial charge in [0.05, 0.1) is 0 Å². The van der Waals surface area contributed by atoms with Gasteiger partial charge in [-0.1, -0.05) is 0 Å². The van der Waals surface area contributed by atoms with Gasteiger partial charge in [-0.15, -0.1) is 0 Å². The zero-order valence-electron chi connectivity index (χ0n) is 11.9. The Kier molecular flexibility index (Phi) is 7.35. The van der Waals surface area contributed by atoms with Gasteiger partial charge in [0.15, 0.2) is 0 Å². The van der Waals surface area contributed by atoms with Crippen molar-refractivity contribution < 1.29 is 30.1 Å². The van der Waals surface area contributed by atoms with E-state index in [1.165, 1.54) is 12.2 Å². The fourth-order valence-corrected chi connectivity index (χ4v) is 2.70. The Morgan fingerprint density at radius 3 is 2.60 bits per heavy atom. The van der Waals surface area contributed by atoms with E-state index in [1.54, 1.807) is 7.05 Å². The summed E-state index contributed by atoms with van der Waals surface area (Å²) in [6.45, 7) is 3.87. The summed E-state index contributed by atoms with van der Waals surface area (Å²) in [5.41, 5.74) is 0.916. The molecule has 0 radical (unpaired) electrons. The van der Waals surface area contributed by atoms with Gasteiger partial charge in [-0.3, -0.25) is 0 Å². The number of para-hydroxylation sites is 1. The minimum atomic E-state index is -0.597. The molecule has 1 unspecified atom stereocenters. The molecule has 1 amide bonds. The zero-order chi connectivity index (χ0) is 15.1. The van der Waals surface area contributed by atoms with Crippen LogP contribution in [0.25, 0.3) is 0 Å². The Bertz CT molecular complexity index is 479. The number of hydrogen-bond acceptors (Lipinski definition) is 3. The van der Waals surface area contributed by atoms with Gasteiger partial charge in [-0.05, 0) is 0 Å². The van der Waals surface area contributed by atoms with Gasteiger partial charge in [0, 0.05) is 0 Å². The maximum absolute atomic E-state index is 12.2. The predicted octanol–water partition coefficient (Wildman–Crippen LogP) is 2.50. The van der Waals surface area contributed by atoms with Crippen molar-refractivity contribution in [2.75, 3.05) is 14.2 Å². The first-order valence-corrected chi connectivity index (χ1v) is 9.38. The second kappa shape index (κ2) is 8.50.